The van der Waals surface area contributed by atoms with Gasteiger partial charge in [-0.05, 0) is 18.2 Å². The second-order valence-corrected chi connectivity index (χ2v) is 5.56. The molecule has 0 aliphatic carbocycles. The van der Waals surface area contributed by atoms with Gasteiger partial charge in [0.1, 0.15) is 0 Å². The highest BCUT2D eigenvalue weighted by atomic mass is 35.5. The zero-order valence-electron chi connectivity index (χ0n) is 8.50. The molecule has 1 aliphatic heterocycles. The van der Waals surface area contributed by atoms with E-state index in [2.05, 4.69) is 5.32 Å². The maximum Gasteiger partial charge on any atom is 0.182 e. The molecule has 16 heavy (non-hydrogen) atoms. The summed E-state index contributed by atoms with van der Waals surface area (Å²) in [7, 11) is 0. The number of carbonyl (C=O) groups excluding carboxylic acids is 1. The standard InChI is InChI=1S/C11H11Cl2NOS/c12-7-1-2-9(13)8(5-7)11(15)10-6-16-4-3-14-10/h1-2,5,10,14H,3-4,6H2. The van der Waals surface area contributed by atoms with E-state index in [-0.39, 0.29) is 11.8 Å². The third-order valence-electron chi connectivity index (χ3n) is 2.43. The molecule has 0 bridgehead atoms. The van der Waals surface area contributed by atoms with Crippen molar-refractivity contribution in [3.05, 3.63) is 33.8 Å². The Kier molecular flexibility index (Phi) is 4.14. The largest absolute Gasteiger partial charge is 0.306 e. The monoisotopic (exact) mass is 275 g/mol. The predicted octanol–water partition coefficient (Wildman–Crippen LogP) is 2.88. The number of halogens is 2. The smallest absolute Gasteiger partial charge is 0.182 e. The first-order valence-corrected chi connectivity index (χ1v) is 6.90. The van der Waals surface area contributed by atoms with Crippen molar-refractivity contribution in [2.24, 2.45) is 0 Å². The van der Waals surface area contributed by atoms with Crippen LogP contribution >= 0.6 is 35.0 Å². The molecule has 5 heteroatoms. The normalized spacial score (nSPS) is 20.8. The number of hydrogen-bond acceptors (Lipinski definition) is 3. The number of rotatable bonds is 2. The van der Waals surface area contributed by atoms with Crippen molar-refractivity contribution in [3.8, 4) is 0 Å². The van der Waals surface area contributed by atoms with Gasteiger partial charge in [0.25, 0.3) is 0 Å². The molecule has 0 saturated carbocycles. The lowest BCUT2D eigenvalue weighted by Gasteiger charge is -2.22. The summed E-state index contributed by atoms with van der Waals surface area (Å²) in [6.45, 7) is 0.860. The quantitative estimate of drug-likeness (QED) is 0.842. The summed E-state index contributed by atoms with van der Waals surface area (Å²) >= 11 is 13.6. The Morgan fingerprint density at radius 3 is 2.94 bits per heavy atom. The molecular weight excluding hydrogens is 265 g/mol. The van der Waals surface area contributed by atoms with E-state index in [0.29, 0.717) is 15.6 Å². The van der Waals surface area contributed by atoms with Gasteiger partial charge in [0.05, 0.1) is 11.1 Å². The molecule has 0 radical (unpaired) electrons. The second kappa shape index (κ2) is 5.41. The topological polar surface area (TPSA) is 29.1 Å². The Hall–Kier alpha value is -0.220. The average molecular weight is 276 g/mol. The molecule has 2 rings (SSSR count). The second-order valence-electron chi connectivity index (χ2n) is 3.57. The molecule has 86 valence electrons. The number of Topliss-reactive ketones (excluding diaryl/α,β-unsaturated/α-hetero) is 1. The van der Waals surface area contributed by atoms with Gasteiger partial charge in [-0.1, -0.05) is 23.2 Å². The fourth-order valence-corrected chi connectivity index (χ4v) is 2.92. The lowest BCUT2D eigenvalue weighted by atomic mass is 10.1. The van der Waals surface area contributed by atoms with Gasteiger partial charge in [-0.2, -0.15) is 11.8 Å². The van der Waals surface area contributed by atoms with Crippen LogP contribution in [0.3, 0.4) is 0 Å². The summed E-state index contributed by atoms with van der Waals surface area (Å²) < 4.78 is 0. The van der Waals surface area contributed by atoms with E-state index in [1.807, 2.05) is 0 Å². The van der Waals surface area contributed by atoms with Crippen molar-refractivity contribution in [1.82, 2.24) is 5.32 Å². The maximum atomic E-state index is 12.2. The molecule has 0 amide bonds. The maximum absolute atomic E-state index is 12.2. The van der Waals surface area contributed by atoms with Crippen LogP contribution in [0.15, 0.2) is 18.2 Å². The molecule has 1 aromatic carbocycles. The fraction of sp³-hybridized carbons (Fsp3) is 0.364. The molecule has 1 saturated heterocycles. The zero-order valence-corrected chi connectivity index (χ0v) is 10.8. The van der Waals surface area contributed by atoms with E-state index in [1.54, 1.807) is 30.0 Å². The molecule has 1 unspecified atom stereocenters. The van der Waals surface area contributed by atoms with Crippen LogP contribution in [0, 0.1) is 0 Å². The Labute approximate surface area is 109 Å². The van der Waals surface area contributed by atoms with E-state index < -0.39 is 0 Å². The number of nitrogens with one attached hydrogen (secondary N) is 1. The summed E-state index contributed by atoms with van der Waals surface area (Å²) in [5.41, 5.74) is 0.508. The highest BCUT2D eigenvalue weighted by molar-refractivity contribution is 7.99. The summed E-state index contributed by atoms with van der Waals surface area (Å²) in [6.07, 6.45) is 0. The van der Waals surface area contributed by atoms with Gasteiger partial charge in [-0.3, -0.25) is 4.79 Å². The van der Waals surface area contributed by atoms with Gasteiger partial charge in [-0.25, -0.2) is 0 Å². The van der Waals surface area contributed by atoms with Crippen molar-refractivity contribution < 1.29 is 4.79 Å². The van der Waals surface area contributed by atoms with Gasteiger partial charge < -0.3 is 5.32 Å². The number of thioether (sulfide) groups is 1. The van der Waals surface area contributed by atoms with Gasteiger partial charge in [0.15, 0.2) is 5.78 Å². The molecular formula is C11H11Cl2NOS. The van der Waals surface area contributed by atoms with Crippen LogP contribution in [0.2, 0.25) is 10.0 Å². The Morgan fingerprint density at radius 2 is 2.25 bits per heavy atom. The third-order valence-corrected chi connectivity index (χ3v) is 4.06. The first kappa shape index (κ1) is 12.2. The lowest BCUT2D eigenvalue weighted by molar-refractivity contribution is 0.0953. The zero-order chi connectivity index (χ0) is 11.5. The number of ketones is 1. The lowest BCUT2D eigenvalue weighted by Crippen LogP contribution is -2.43. The molecule has 1 aromatic rings. The van der Waals surface area contributed by atoms with E-state index in [4.69, 9.17) is 23.2 Å². The molecule has 0 aromatic heterocycles. The number of benzene rings is 1. The fourth-order valence-electron chi connectivity index (χ4n) is 1.61. The van der Waals surface area contributed by atoms with Crippen LogP contribution in [0.25, 0.3) is 0 Å². The van der Waals surface area contributed by atoms with Gasteiger partial charge in [-0.15, -0.1) is 0 Å². The van der Waals surface area contributed by atoms with Crippen molar-refractivity contribution in [2.45, 2.75) is 6.04 Å². The first-order valence-electron chi connectivity index (χ1n) is 4.99. The Balaban J connectivity index is 2.22. The van der Waals surface area contributed by atoms with E-state index in [0.717, 1.165) is 18.1 Å². The molecule has 0 spiro atoms. The molecule has 1 atom stereocenters. The number of hydrogen-bond donors (Lipinski definition) is 1. The van der Waals surface area contributed by atoms with E-state index >= 15 is 0 Å². The predicted molar refractivity (Wildman–Crippen MR) is 69.9 cm³/mol. The van der Waals surface area contributed by atoms with Gasteiger partial charge in [0.2, 0.25) is 0 Å². The number of carbonyl (C=O) groups is 1. The van der Waals surface area contributed by atoms with Crippen LogP contribution in [0.5, 0.6) is 0 Å². The van der Waals surface area contributed by atoms with Crippen LogP contribution in [-0.2, 0) is 0 Å². The Bertz CT molecular complexity index is 405. The summed E-state index contributed by atoms with van der Waals surface area (Å²) in [6, 6.07) is 4.83. The molecule has 2 nitrogen and oxygen atoms in total. The van der Waals surface area contributed by atoms with Crippen LogP contribution in [0.4, 0.5) is 0 Å². The van der Waals surface area contributed by atoms with Crippen molar-refractivity contribution in [1.29, 1.82) is 0 Å². The summed E-state index contributed by atoms with van der Waals surface area (Å²) in [5, 5.41) is 4.19. The highest BCUT2D eigenvalue weighted by Crippen LogP contribution is 2.23. The van der Waals surface area contributed by atoms with Gasteiger partial charge >= 0.3 is 0 Å². The molecule has 1 heterocycles. The Morgan fingerprint density at radius 1 is 1.44 bits per heavy atom. The minimum absolute atomic E-state index is 0.0275. The average Bonchev–Trinajstić information content (AvgIpc) is 2.32. The highest BCUT2D eigenvalue weighted by Gasteiger charge is 2.23. The van der Waals surface area contributed by atoms with Crippen molar-refractivity contribution in [2.75, 3.05) is 18.1 Å². The van der Waals surface area contributed by atoms with Crippen molar-refractivity contribution >= 4 is 40.7 Å². The van der Waals surface area contributed by atoms with Crippen LogP contribution in [0.1, 0.15) is 10.4 Å². The van der Waals surface area contributed by atoms with E-state index in [1.165, 1.54) is 0 Å². The minimum atomic E-state index is -0.144. The van der Waals surface area contributed by atoms with Crippen LogP contribution in [-0.4, -0.2) is 29.9 Å². The molecule has 1 N–H and O–H groups in total. The first-order chi connectivity index (χ1) is 7.68. The molecule has 1 aliphatic rings. The van der Waals surface area contributed by atoms with E-state index in [9.17, 15) is 4.79 Å². The van der Waals surface area contributed by atoms with Crippen LogP contribution < -0.4 is 5.32 Å². The summed E-state index contributed by atoms with van der Waals surface area (Å²) in [4.78, 5) is 12.2. The van der Waals surface area contributed by atoms with Gasteiger partial charge in [0, 0.05) is 28.6 Å². The summed E-state index contributed by atoms with van der Waals surface area (Å²) in [5.74, 6) is 1.87. The van der Waals surface area contributed by atoms with Crippen molar-refractivity contribution in [3.63, 3.8) is 0 Å². The third kappa shape index (κ3) is 2.72. The minimum Gasteiger partial charge on any atom is -0.306 e. The SMILES string of the molecule is O=C(c1cc(Cl)ccc1Cl)C1CSCCN1. The molecule has 1 fully saturated rings.